The maximum atomic E-state index is 12.4. The maximum absolute atomic E-state index is 12.4. The van der Waals surface area contributed by atoms with Crippen molar-refractivity contribution < 1.29 is 47.3 Å². The van der Waals surface area contributed by atoms with Gasteiger partial charge >= 0.3 is 21.1 Å². The molecule has 0 bridgehead atoms. The first-order valence-electron chi connectivity index (χ1n) is 29.1. The molecule has 88 heavy (non-hydrogen) atoms. The van der Waals surface area contributed by atoms with Crippen LogP contribution in [-0.4, -0.2) is 318 Å². The van der Waals surface area contributed by atoms with Crippen molar-refractivity contribution in [2.45, 2.75) is 106 Å². The van der Waals surface area contributed by atoms with E-state index in [1.165, 1.54) is 18.0 Å². The summed E-state index contributed by atoms with van der Waals surface area (Å²) in [6.45, 7) is 32.3. The second kappa shape index (κ2) is 38.7. The molecule has 3 N–H and O–H groups in total. The number of ether oxygens (including phenoxy) is 3. The Morgan fingerprint density at radius 2 is 0.818 bits per heavy atom. The van der Waals surface area contributed by atoms with Crippen LogP contribution >= 0.6 is 31.9 Å². The lowest BCUT2D eigenvalue weighted by Crippen LogP contribution is -2.84. The molecule has 3 aromatic rings. The first-order chi connectivity index (χ1) is 40.4. The molecule has 0 unspecified atom stereocenters. The van der Waals surface area contributed by atoms with Crippen molar-refractivity contribution >= 4 is 241 Å². The maximum Gasteiger partial charge on any atom is 0.490 e. The van der Waals surface area contributed by atoms with Crippen LogP contribution in [0.4, 0.5) is 16.0 Å². The van der Waals surface area contributed by atoms with Gasteiger partial charge in [-0.05, 0) is 131 Å². The molecule has 5 saturated heterocycles. The van der Waals surface area contributed by atoms with E-state index in [4.69, 9.17) is 143 Å². The zero-order valence-electron chi connectivity index (χ0n) is 52.7. The van der Waals surface area contributed by atoms with Crippen LogP contribution in [0.1, 0.15) is 79.5 Å². The zero-order valence-corrected chi connectivity index (χ0v) is 55.8. The highest BCUT2D eigenvalue weighted by Gasteiger charge is 2.64. The number of rotatable bonds is 14. The quantitative estimate of drug-likeness (QED) is 0.108. The van der Waals surface area contributed by atoms with Gasteiger partial charge in [0.15, 0.2) is 0 Å². The largest absolute Gasteiger partial charge is 0.490 e. The van der Waals surface area contributed by atoms with Gasteiger partial charge in [-0.15, -0.1) is 0 Å². The third-order valence-corrected chi connectivity index (χ3v) is 16.9. The Bertz CT molecular complexity index is 2400. The molecule has 428 valence electrons. The molecule has 3 aromatic heterocycles. The molecular weight excluding hydrogens is 1220 g/mol. The molecule has 45 heteroatoms. The fourth-order valence-electron chi connectivity index (χ4n) is 9.85. The van der Waals surface area contributed by atoms with Gasteiger partial charge in [-0.1, -0.05) is 13.5 Å². The fraction of sp³-hybridized carbons (Fsp3) is 0.651. The summed E-state index contributed by atoms with van der Waals surface area (Å²) >= 11 is 6.58. The Morgan fingerprint density at radius 3 is 1.09 bits per heavy atom. The normalized spacial score (nSPS) is 17.4. The van der Waals surface area contributed by atoms with E-state index in [0.717, 1.165) is 91.8 Å². The third kappa shape index (κ3) is 25.5. The van der Waals surface area contributed by atoms with Crippen molar-refractivity contribution in [1.82, 2.24) is 20.3 Å². The van der Waals surface area contributed by atoms with Crippen molar-refractivity contribution in [3.05, 3.63) is 68.4 Å². The highest BCUT2D eigenvalue weighted by molar-refractivity contribution is 9.10. The summed E-state index contributed by atoms with van der Waals surface area (Å²) in [4.78, 5) is 16.6. The third-order valence-electron chi connectivity index (χ3n) is 16.0. The van der Waals surface area contributed by atoms with Crippen LogP contribution in [-0.2, 0) is 32.8 Å². The van der Waals surface area contributed by atoms with E-state index in [2.05, 4.69) is 74.9 Å². The van der Waals surface area contributed by atoms with Crippen molar-refractivity contribution in [2.24, 2.45) is 0 Å². The number of morpholine rings is 3. The summed E-state index contributed by atoms with van der Waals surface area (Å²) in [6.07, 6.45) is -4.78. The van der Waals surface area contributed by atoms with Crippen LogP contribution in [0.3, 0.4) is 0 Å². The lowest BCUT2D eigenvalue weighted by molar-refractivity contribution is 0.00578. The van der Waals surface area contributed by atoms with E-state index in [-0.39, 0.29) is 29.8 Å². The minimum absolute atomic E-state index is 0. The van der Waals surface area contributed by atoms with E-state index < -0.39 is 97.3 Å². The van der Waals surface area contributed by atoms with Gasteiger partial charge in [0.2, 0.25) is 5.95 Å². The molecule has 0 spiro atoms. The molecule has 5 fully saturated rings. The average molecular weight is 1290 g/mol. The van der Waals surface area contributed by atoms with Gasteiger partial charge in [0.25, 0.3) is 0 Å². The van der Waals surface area contributed by atoms with E-state index in [1.807, 2.05) is 68.5 Å². The number of aryl methyl sites for hydroxylation is 3. The molecule has 15 nitrogen and oxygen atoms in total. The van der Waals surface area contributed by atoms with Gasteiger partial charge in [0, 0.05) is 249 Å². The Morgan fingerprint density at radius 1 is 0.489 bits per heavy atom. The predicted octanol–water partition coefficient (Wildman–Crippen LogP) is -3.46. The Labute approximate surface area is 567 Å². The van der Waals surface area contributed by atoms with Crippen LogP contribution in [0, 0.1) is 26.7 Å². The number of pyridine rings is 3. The van der Waals surface area contributed by atoms with Crippen LogP contribution in [0.15, 0.2) is 45.7 Å². The molecule has 5 aliphatic rings. The molecule has 8 rings (SSSR count). The van der Waals surface area contributed by atoms with Gasteiger partial charge in [-0.3, -0.25) is 0 Å². The summed E-state index contributed by atoms with van der Waals surface area (Å²) in [6, 6.07) is 5.53. The number of hydrogen-bond donors (Lipinski definition) is 3. The number of nitrogens with one attached hydrogen (secondary N) is 1. The average Bonchev–Trinajstić information content (AvgIpc) is 1.57. The minimum Gasteiger partial charge on any atom is -0.423 e. The Balaban J connectivity index is 0.000000373. The molecule has 0 amide bonds. The van der Waals surface area contributed by atoms with Crippen molar-refractivity contribution in [2.75, 3.05) is 88.7 Å². The van der Waals surface area contributed by atoms with E-state index in [9.17, 15) is 4.39 Å². The molecule has 8 heterocycles. The number of nitrogens with zero attached hydrogens (tertiary/aromatic N) is 5. The monoisotopic (exact) mass is 1290 g/mol. The standard InChI is InChI=1S/C12H24B2O4.C10H15BN2O3.C10H13BrN2O.C6H5BrFN.C4H9NO.CH4.B24/c1-9(2)10(3,4)16-13(15-9)14-17-11(5,6)12(7,8)18-14;1-8-6-9(11(14)15)7-12-10(8)13-2-4-16-5-3-13;1-8-6-9(11)7-12-10(8)13-2-4-14-5-3-13;1-4-2-5(7)3-9-6(4)8;1-3-6-4-2-5-1;;1-14(2)20(13)23(19(11)12)24(21(15(3)4)16(5)6)22(17(7)8)18(9)10/h1-8H3;6-7,14-15H,2-5H2,1H3;6-7H,2-5H2,1H3;2-3H,1H3;5H,1-4H2;1H4;. The highest BCUT2D eigenvalue weighted by atomic mass is 79.9. The minimum atomic E-state index is -1.45. The molecular formula is C43H70B27Br2FN6O9. The number of halogens is 3. The fourth-order valence-corrected chi connectivity index (χ4v) is 10.7. The molecule has 0 saturated carbocycles. The molecule has 0 aromatic carbocycles. The SMILES string of the molecule is C.C1COCCN1.CC1(C)OB(B2OC(C)(C)C(C)(C)O2)OC1(C)C.Cc1cc(B(O)O)cnc1N1CCOCC1.Cc1cc(Br)cnc1F.Cc1cc(Br)cnc1N1CCOCC1.[B]B([B])B([B])B(B([B])[B])B(B(B([B])[B])B([B])[B])B(B([B])[B])B([B])[B]. The second-order valence-electron chi connectivity index (χ2n) is 24.0. The van der Waals surface area contributed by atoms with E-state index in [1.54, 1.807) is 19.1 Å². The smallest absolute Gasteiger partial charge is 0.423 e. The number of aromatic nitrogens is 3. The van der Waals surface area contributed by atoms with Crippen molar-refractivity contribution in [1.29, 1.82) is 0 Å². The Hall–Kier alpha value is -0.707. The first-order valence-corrected chi connectivity index (χ1v) is 30.7. The van der Waals surface area contributed by atoms with Gasteiger partial charge in [0.05, 0.1) is 62.0 Å². The molecule has 26 radical (unpaired) electrons. The topological polar surface area (TPSA) is 162 Å². The summed E-state index contributed by atoms with van der Waals surface area (Å²) in [5.74, 6) is 1.57. The van der Waals surface area contributed by atoms with E-state index >= 15 is 0 Å². The summed E-state index contributed by atoms with van der Waals surface area (Å²) in [5.41, 5.74) is 1.71. The number of hydrogen-bond acceptors (Lipinski definition) is 15. The van der Waals surface area contributed by atoms with Crippen molar-refractivity contribution in [3.8, 4) is 0 Å². The van der Waals surface area contributed by atoms with Gasteiger partial charge < -0.3 is 58.0 Å². The highest BCUT2D eigenvalue weighted by Crippen LogP contribution is 2.43. The summed E-state index contributed by atoms with van der Waals surface area (Å²) in [5, 5.41) is 21.2. The van der Waals surface area contributed by atoms with Crippen LogP contribution in [0.2, 0.25) is 0 Å². The van der Waals surface area contributed by atoms with Crippen LogP contribution < -0.4 is 20.6 Å². The zero-order chi connectivity index (χ0) is 65.9. The second-order valence-corrected chi connectivity index (χ2v) is 25.8. The first kappa shape index (κ1) is 83.4. The molecule has 5 aliphatic heterocycles. The molecule has 0 atom stereocenters. The van der Waals surface area contributed by atoms with Crippen LogP contribution in [0.5, 0.6) is 0 Å². The Kier molecular flexibility index (Phi) is 36.7. The predicted molar refractivity (Wildman–Crippen MR) is 399 cm³/mol. The van der Waals surface area contributed by atoms with Gasteiger partial charge in [0.1, 0.15) is 11.6 Å². The van der Waals surface area contributed by atoms with Gasteiger partial charge in [-0.2, -0.15) is 4.39 Å². The van der Waals surface area contributed by atoms with Crippen LogP contribution in [0.25, 0.3) is 0 Å². The lowest BCUT2D eigenvalue weighted by Gasteiger charge is -2.46. The van der Waals surface area contributed by atoms with E-state index in [0.29, 0.717) is 24.2 Å². The number of anilines is 2. The summed E-state index contributed by atoms with van der Waals surface area (Å²) < 4.78 is 53.6. The van der Waals surface area contributed by atoms with Gasteiger partial charge in [-0.25, -0.2) is 15.0 Å². The summed E-state index contributed by atoms with van der Waals surface area (Å²) in [7, 11) is 73.8. The molecule has 0 aliphatic carbocycles. The lowest BCUT2D eigenvalue weighted by atomic mass is 8.35. The van der Waals surface area contributed by atoms with Crippen molar-refractivity contribution in [3.63, 3.8) is 0 Å².